The van der Waals surface area contributed by atoms with Gasteiger partial charge in [0.2, 0.25) is 5.91 Å². The molecule has 1 amide bonds. The maximum absolute atomic E-state index is 10.5. The Labute approximate surface area is 79.9 Å². The Hall–Kier alpha value is -1.42. The second-order valence-corrected chi connectivity index (χ2v) is 3.38. The van der Waals surface area contributed by atoms with Crippen molar-refractivity contribution in [1.82, 2.24) is 0 Å². The van der Waals surface area contributed by atoms with Gasteiger partial charge in [-0.25, -0.2) is 0 Å². The van der Waals surface area contributed by atoms with Crippen molar-refractivity contribution in [2.75, 3.05) is 0 Å². The molecule has 68 valence electrons. The van der Waals surface area contributed by atoms with E-state index in [2.05, 4.69) is 0 Å². The average Bonchev–Trinajstić information content (AvgIpc) is 2.51. The Morgan fingerprint density at radius 3 is 3.00 bits per heavy atom. The van der Waals surface area contributed by atoms with E-state index < -0.39 is 0 Å². The van der Waals surface area contributed by atoms with E-state index in [9.17, 15) is 9.59 Å². The van der Waals surface area contributed by atoms with Crippen LogP contribution < -0.4 is 5.73 Å². The highest BCUT2D eigenvalue weighted by molar-refractivity contribution is 7.11. The van der Waals surface area contributed by atoms with Crippen LogP contribution in [0, 0.1) is 0 Å². The van der Waals surface area contributed by atoms with E-state index in [1.54, 1.807) is 12.2 Å². The first-order valence-corrected chi connectivity index (χ1v) is 4.59. The van der Waals surface area contributed by atoms with Crippen LogP contribution in [0.25, 0.3) is 6.08 Å². The van der Waals surface area contributed by atoms with Crippen LogP contribution in [0.2, 0.25) is 0 Å². The highest BCUT2D eigenvalue weighted by Gasteiger charge is 1.98. The van der Waals surface area contributed by atoms with Gasteiger partial charge in [0.1, 0.15) is 0 Å². The lowest BCUT2D eigenvalue weighted by Gasteiger charge is -1.87. The molecule has 0 bridgehead atoms. The first-order chi connectivity index (χ1) is 6.24. The predicted molar refractivity (Wildman–Crippen MR) is 52.6 cm³/mol. The van der Waals surface area contributed by atoms with Crippen LogP contribution >= 0.6 is 11.3 Å². The normalized spacial score (nSPS) is 10.5. The van der Waals surface area contributed by atoms with Gasteiger partial charge in [-0.2, -0.15) is 0 Å². The molecule has 13 heavy (non-hydrogen) atoms. The topological polar surface area (TPSA) is 60.2 Å². The highest BCUT2D eigenvalue weighted by atomic mass is 32.1. The van der Waals surface area contributed by atoms with E-state index in [-0.39, 0.29) is 12.3 Å². The summed E-state index contributed by atoms with van der Waals surface area (Å²) in [4.78, 5) is 21.5. The third kappa shape index (κ3) is 2.83. The lowest BCUT2D eigenvalue weighted by Crippen LogP contribution is -2.07. The number of thiophene rings is 1. The molecule has 0 saturated carbocycles. The van der Waals surface area contributed by atoms with Gasteiger partial charge in [-0.15, -0.1) is 11.3 Å². The number of rotatable bonds is 4. The molecular formula is C9H9NO2S. The minimum absolute atomic E-state index is 0.203. The maximum atomic E-state index is 10.5. The maximum Gasteiger partial charge on any atom is 0.221 e. The number of carbonyl (C=O) groups is 2. The first-order valence-electron chi connectivity index (χ1n) is 3.71. The van der Waals surface area contributed by atoms with Gasteiger partial charge in [0, 0.05) is 6.42 Å². The van der Waals surface area contributed by atoms with Crippen molar-refractivity contribution in [3.8, 4) is 0 Å². The van der Waals surface area contributed by atoms with Crippen molar-refractivity contribution >= 4 is 29.6 Å². The number of carbonyl (C=O) groups excluding carboxylic acids is 2. The molecule has 0 aliphatic carbocycles. The molecule has 1 aromatic heterocycles. The van der Waals surface area contributed by atoms with Crippen LogP contribution in [0.3, 0.4) is 0 Å². The van der Waals surface area contributed by atoms with Crippen LogP contribution in [0.4, 0.5) is 0 Å². The molecule has 0 atom stereocenters. The molecule has 0 aliphatic rings. The van der Waals surface area contributed by atoms with Crippen molar-refractivity contribution in [1.29, 1.82) is 0 Å². The van der Waals surface area contributed by atoms with Crippen molar-refractivity contribution in [2.45, 2.75) is 6.42 Å². The summed E-state index contributed by atoms with van der Waals surface area (Å²) < 4.78 is 0. The monoisotopic (exact) mass is 195 g/mol. The highest BCUT2D eigenvalue weighted by Crippen LogP contribution is 2.15. The first kappa shape index (κ1) is 9.67. The van der Waals surface area contributed by atoms with Crippen LogP contribution in [-0.4, -0.2) is 12.2 Å². The third-order valence-electron chi connectivity index (χ3n) is 1.45. The Morgan fingerprint density at radius 2 is 2.38 bits per heavy atom. The fourth-order valence-corrected chi connectivity index (χ4v) is 1.56. The summed E-state index contributed by atoms with van der Waals surface area (Å²) in [7, 11) is 0. The number of hydrogen-bond donors (Lipinski definition) is 1. The Bertz CT molecular complexity index is 341. The second-order valence-electron chi connectivity index (χ2n) is 2.43. The van der Waals surface area contributed by atoms with Crippen LogP contribution in [-0.2, 0) is 4.79 Å². The molecule has 0 unspecified atom stereocenters. The fraction of sp³-hybridized carbons (Fsp3) is 0.111. The van der Waals surface area contributed by atoms with Crippen molar-refractivity contribution in [3.63, 3.8) is 0 Å². The molecule has 0 saturated heterocycles. The van der Waals surface area contributed by atoms with E-state index in [1.807, 2.05) is 11.4 Å². The van der Waals surface area contributed by atoms with Crippen molar-refractivity contribution in [3.05, 3.63) is 28.0 Å². The van der Waals surface area contributed by atoms with Gasteiger partial charge in [-0.05, 0) is 17.0 Å². The molecule has 0 aromatic carbocycles. The number of primary amides is 1. The molecule has 2 N–H and O–H groups in total. The smallest absolute Gasteiger partial charge is 0.221 e. The number of hydrogen-bond acceptors (Lipinski definition) is 3. The lowest BCUT2D eigenvalue weighted by molar-refractivity contribution is -0.117. The summed E-state index contributed by atoms with van der Waals surface area (Å²) in [6.07, 6.45) is 4.38. The van der Waals surface area contributed by atoms with Gasteiger partial charge in [-0.3, -0.25) is 9.59 Å². The Balaban J connectivity index is 2.67. The molecule has 0 fully saturated rings. The van der Waals surface area contributed by atoms with E-state index in [0.717, 1.165) is 11.8 Å². The van der Waals surface area contributed by atoms with Gasteiger partial charge in [0.25, 0.3) is 0 Å². The summed E-state index contributed by atoms with van der Waals surface area (Å²) in [6, 6.07) is 1.83. The third-order valence-corrected chi connectivity index (χ3v) is 2.31. The predicted octanol–water partition coefficient (Wildman–Crippen LogP) is 1.45. The summed E-state index contributed by atoms with van der Waals surface area (Å²) in [5.74, 6) is -0.376. The zero-order chi connectivity index (χ0) is 9.68. The molecule has 3 nitrogen and oxygen atoms in total. The summed E-state index contributed by atoms with van der Waals surface area (Å²) in [5, 5.41) is 1.83. The molecule has 4 heteroatoms. The van der Waals surface area contributed by atoms with Crippen LogP contribution in [0.15, 0.2) is 17.5 Å². The SMILES string of the molecule is NC(=O)CC=Cc1ccsc1C=O. The zero-order valence-electron chi connectivity index (χ0n) is 6.90. The molecule has 1 heterocycles. The summed E-state index contributed by atoms with van der Waals surface area (Å²) in [6.45, 7) is 0. The van der Waals surface area contributed by atoms with E-state index >= 15 is 0 Å². The van der Waals surface area contributed by atoms with Gasteiger partial charge in [0.05, 0.1) is 4.88 Å². The number of aldehydes is 1. The Kier molecular flexibility index (Phi) is 3.40. The minimum Gasteiger partial charge on any atom is -0.369 e. The standard InChI is InChI=1S/C9H9NO2S/c10-9(12)3-1-2-7-4-5-13-8(7)6-11/h1-2,4-6H,3H2,(H2,10,12). The number of amides is 1. The van der Waals surface area contributed by atoms with Gasteiger partial charge >= 0.3 is 0 Å². The number of nitrogens with two attached hydrogens (primary N) is 1. The quantitative estimate of drug-likeness (QED) is 0.739. The van der Waals surface area contributed by atoms with E-state index in [4.69, 9.17) is 5.73 Å². The van der Waals surface area contributed by atoms with E-state index in [0.29, 0.717) is 4.88 Å². The molecule has 1 aromatic rings. The zero-order valence-corrected chi connectivity index (χ0v) is 7.71. The van der Waals surface area contributed by atoms with Gasteiger partial charge in [-0.1, -0.05) is 12.2 Å². The summed E-state index contributed by atoms with van der Waals surface area (Å²) >= 11 is 1.37. The van der Waals surface area contributed by atoms with Crippen LogP contribution in [0.1, 0.15) is 21.7 Å². The van der Waals surface area contributed by atoms with Crippen molar-refractivity contribution in [2.24, 2.45) is 5.73 Å². The van der Waals surface area contributed by atoms with Crippen molar-refractivity contribution < 1.29 is 9.59 Å². The second kappa shape index (κ2) is 4.57. The van der Waals surface area contributed by atoms with Gasteiger partial charge < -0.3 is 5.73 Å². The molecule has 0 radical (unpaired) electrons. The molecule has 0 aliphatic heterocycles. The van der Waals surface area contributed by atoms with Crippen LogP contribution in [0.5, 0.6) is 0 Å². The molecule has 0 spiro atoms. The average molecular weight is 195 g/mol. The van der Waals surface area contributed by atoms with Gasteiger partial charge in [0.15, 0.2) is 6.29 Å². The van der Waals surface area contributed by atoms with E-state index in [1.165, 1.54) is 11.3 Å². The molecular weight excluding hydrogens is 186 g/mol. The summed E-state index contributed by atoms with van der Waals surface area (Å²) in [5.41, 5.74) is 5.78. The fourth-order valence-electron chi connectivity index (χ4n) is 0.866. The lowest BCUT2D eigenvalue weighted by atomic mass is 10.2. The molecule has 1 rings (SSSR count). The largest absolute Gasteiger partial charge is 0.369 e. The Morgan fingerprint density at radius 1 is 1.62 bits per heavy atom. The minimum atomic E-state index is -0.376.